The smallest absolute Gasteiger partial charge is 0.404 e. The van der Waals surface area contributed by atoms with Gasteiger partial charge in [0.1, 0.15) is 10.7 Å². The minimum atomic E-state index is -0.555. The van der Waals surface area contributed by atoms with Crippen molar-refractivity contribution in [1.82, 2.24) is 5.32 Å². The minimum Gasteiger partial charge on any atom is -0.404 e. The summed E-state index contributed by atoms with van der Waals surface area (Å²) in [4.78, 5) is 9.87. The Bertz CT molecular complexity index is 427. The van der Waals surface area contributed by atoms with Gasteiger partial charge in [0.2, 0.25) is 0 Å². The van der Waals surface area contributed by atoms with Gasteiger partial charge in [-0.3, -0.25) is 10.1 Å². The fourth-order valence-electron chi connectivity index (χ4n) is 2.03. The highest BCUT2D eigenvalue weighted by atomic mass is 16.6. The first-order valence-corrected chi connectivity index (χ1v) is 5.56. The van der Waals surface area contributed by atoms with E-state index < -0.39 is 4.92 Å². The van der Waals surface area contributed by atoms with Crippen LogP contribution in [-0.4, -0.2) is 22.2 Å². The topological polar surface area (TPSA) is 88.5 Å². The Labute approximate surface area is 98.8 Å². The van der Waals surface area contributed by atoms with Crippen molar-refractivity contribution in [3.8, 4) is 0 Å². The number of hydrogen-bond donors (Lipinski definition) is 2. The maximum Gasteiger partial charge on any atom is 0.433 e. The van der Waals surface area contributed by atoms with Crippen molar-refractivity contribution in [2.75, 3.05) is 0 Å². The molecule has 2 atom stereocenters. The van der Waals surface area contributed by atoms with Gasteiger partial charge in [-0.25, -0.2) is 0 Å². The van der Waals surface area contributed by atoms with Crippen molar-refractivity contribution in [2.45, 2.75) is 39.0 Å². The number of hydrogen-bond acceptors (Lipinski definition) is 5. The molecular weight excluding hydrogens is 224 g/mol. The number of furan rings is 1. The fraction of sp³-hybridized carbons (Fsp3) is 0.636. The predicted octanol–water partition coefficient (Wildman–Crippen LogP) is 1.44. The third-order valence-corrected chi connectivity index (χ3v) is 3.57. The second-order valence-electron chi connectivity index (χ2n) is 5.00. The van der Waals surface area contributed by atoms with Crippen LogP contribution in [0.5, 0.6) is 0 Å². The lowest BCUT2D eigenvalue weighted by atomic mass is 9.64. The van der Waals surface area contributed by atoms with Crippen LogP contribution < -0.4 is 5.32 Å². The van der Waals surface area contributed by atoms with E-state index in [1.54, 1.807) is 6.07 Å². The second kappa shape index (κ2) is 4.12. The molecule has 0 aromatic carbocycles. The first kappa shape index (κ1) is 12.1. The number of aliphatic hydroxyl groups excluding tert-OH is 1. The maximum atomic E-state index is 10.4. The van der Waals surface area contributed by atoms with Crippen LogP contribution in [0.3, 0.4) is 0 Å². The van der Waals surface area contributed by atoms with E-state index in [2.05, 4.69) is 5.32 Å². The normalized spacial score (nSPS) is 26.5. The SMILES string of the molecule is CC1(C)C(O)CC1NCc1ccc([N+](=O)[O-])o1. The number of nitrogens with one attached hydrogen (secondary N) is 1. The molecule has 0 bridgehead atoms. The molecule has 0 aliphatic heterocycles. The quantitative estimate of drug-likeness (QED) is 0.614. The largest absolute Gasteiger partial charge is 0.433 e. The van der Waals surface area contributed by atoms with Gasteiger partial charge in [0.05, 0.1) is 18.7 Å². The van der Waals surface area contributed by atoms with Crippen LogP contribution in [0.4, 0.5) is 5.88 Å². The van der Waals surface area contributed by atoms with E-state index in [4.69, 9.17) is 4.42 Å². The Hall–Kier alpha value is -1.40. The molecule has 2 unspecified atom stereocenters. The monoisotopic (exact) mass is 240 g/mol. The van der Waals surface area contributed by atoms with Crippen molar-refractivity contribution in [2.24, 2.45) is 5.41 Å². The number of nitro groups is 1. The highest BCUT2D eigenvalue weighted by Crippen LogP contribution is 2.40. The highest BCUT2D eigenvalue weighted by Gasteiger charge is 2.46. The molecule has 1 aromatic heterocycles. The van der Waals surface area contributed by atoms with Crippen LogP contribution in [0.25, 0.3) is 0 Å². The lowest BCUT2D eigenvalue weighted by Gasteiger charge is -2.49. The standard InChI is InChI=1S/C11H16N2O4/c1-11(2)8(5-9(11)14)12-6-7-3-4-10(17-7)13(15)16/h3-4,8-9,12,14H,5-6H2,1-2H3. The Morgan fingerprint density at radius 3 is 2.82 bits per heavy atom. The molecule has 94 valence electrons. The van der Waals surface area contributed by atoms with Crippen LogP contribution in [-0.2, 0) is 6.54 Å². The van der Waals surface area contributed by atoms with E-state index in [0.717, 1.165) is 0 Å². The van der Waals surface area contributed by atoms with Crippen molar-refractivity contribution in [3.05, 3.63) is 28.0 Å². The fourth-order valence-corrected chi connectivity index (χ4v) is 2.03. The van der Waals surface area contributed by atoms with Crippen LogP contribution in [0.2, 0.25) is 0 Å². The lowest BCUT2D eigenvalue weighted by Crippen LogP contribution is -2.59. The van der Waals surface area contributed by atoms with Gasteiger partial charge in [0.15, 0.2) is 0 Å². The van der Waals surface area contributed by atoms with E-state index >= 15 is 0 Å². The van der Waals surface area contributed by atoms with Gasteiger partial charge in [-0.05, 0) is 12.5 Å². The van der Waals surface area contributed by atoms with Crippen molar-refractivity contribution < 1.29 is 14.4 Å². The zero-order valence-corrected chi connectivity index (χ0v) is 9.84. The van der Waals surface area contributed by atoms with Crippen LogP contribution in [0, 0.1) is 15.5 Å². The third-order valence-electron chi connectivity index (χ3n) is 3.57. The van der Waals surface area contributed by atoms with E-state index in [1.807, 2.05) is 13.8 Å². The van der Waals surface area contributed by atoms with Crippen LogP contribution >= 0.6 is 0 Å². The van der Waals surface area contributed by atoms with Crippen LogP contribution in [0.15, 0.2) is 16.5 Å². The molecule has 1 saturated carbocycles. The molecule has 0 spiro atoms. The first-order chi connectivity index (χ1) is 7.91. The van der Waals surface area contributed by atoms with Gasteiger partial charge in [0, 0.05) is 11.5 Å². The summed E-state index contributed by atoms with van der Waals surface area (Å²) in [7, 11) is 0. The average molecular weight is 240 g/mol. The molecule has 1 aliphatic rings. The van der Waals surface area contributed by atoms with Gasteiger partial charge in [-0.15, -0.1) is 0 Å². The predicted molar refractivity (Wildman–Crippen MR) is 60.4 cm³/mol. The van der Waals surface area contributed by atoms with Crippen molar-refractivity contribution in [1.29, 1.82) is 0 Å². The van der Waals surface area contributed by atoms with Gasteiger partial charge >= 0.3 is 5.88 Å². The zero-order valence-electron chi connectivity index (χ0n) is 9.84. The lowest BCUT2D eigenvalue weighted by molar-refractivity contribution is -0.402. The summed E-state index contributed by atoms with van der Waals surface area (Å²) in [6.07, 6.45) is 0.418. The Morgan fingerprint density at radius 2 is 2.35 bits per heavy atom. The number of rotatable bonds is 4. The summed E-state index contributed by atoms with van der Waals surface area (Å²) in [6, 6.07) is 3.15. The second-order valence-corrected chi connectivity index (χ2v) is 5.00. The molecule has 0 radical (unpaired) electrons. The van der Waals surface area contributed by atoms with Gasteiger partial charge < -0.3 is 14.8 Å². The molecule has 0 saturated heterocycles. The Kier molecular flexibility index (Phi) is 2.92. The summed E-state index contributed by atoms with van der Waals surface area (Å²) >= 11 is 0. The maximum absolute atomic E-state index is 10.4. The first-order valence-electron chi connectivity index (χ1n) is 5.56. The molecule has 6 heteroatoms. The summed E-state index contributed by atoms with van der Waals surface area (Å²) < 4.78 is 5.03. The Balaban J connectivity index is 1.88. The molecule has 1 heterocycles. The highest BCUT2D eigenvalue weighted by molar-refractivity contribution is 5.18. The van der Waals surface area contributed by atoms with Gasteiger partial charge in [-0.2, -0.15) is 0 Å². The van der Waals surface area contributed by atoms with Gasteiger partial charge in [-0.1, -0.05) is 13.8 Å². The third kappa shape index (κ3) is 2.18. The average Bonchev–Trinajstić information content (AvgIpc) is 2.72. The molecule has 2 rings (SSSR count). The van der Waals surface area contributed by atoms with E-state index in [0.29, 0.717) is 18.7 Å². The van der Waals surface area contributed by atoms with E-state index in [9.17, 15) is 15.2 Å². The molecule has 1 aliphatic carbocycles. The molecule has 6 nitrogen and oxygen atoms in total. The molecule has 2 N–H and O–H groups in total. The molecular formula is C11H16N2O4. The summed E-state index contributed by atoms with van der Waals surface area (Å²) in [5.41, 5.74) is -0.154. The molecule has 1 aromatic rings. The number of nitrogens with zero attached hydrogens (tertiary/aromatic N) is 1. The van der Waals surface area contributed by atoms with E-state index in [1.165, 1.54) is 6.07 Å². The molecule has 0 amide bonds. The van der Waals surface area contributed by atoms with E-state index in [-0.39, 0.29) is 23.4 Å². The van der Waals surface area contributed by atoms with Crippen LogP contribution in [0.1, 0.15) is 26.0 Å². The summed E-state index contributed by atoms with van der Waals surface area (Å²) in [5, 5.41) is 23.2. The molecule has 1 fully saturated rings. The summed E-state index contributed by atoms with van der Waals surface area (Å²) in [6.45, 7) is 4.42. The summed E-state index contributed by atoms with van der Waals surface area (Å²) in [5.74, 6) is 0.295. The Morgan fingerprint density at radius 1 is 1.65 bits per heavy atom. The van der Waals surface area contributed by atoms with Crippen molar-refractivity contribution >= 4 is 5.88 Å². The van der Waals surface area contributed by atoms with Crippen molar-refractivity contribution in [3.63, 3.8) is 0 Å². The molecule has 17 heavy (non-hydrogen) atoms. The van der Waals surface area contributed by atoms with Gasteiger partial charge in [0.25, 0.3) is 0 Å². The minimum absolute atomic E-state index is 0.154. The zero-order chi connectivity index (χ0) is 12.6. The number of aliphatic hydroxyl groups is 1.